The second kappa shape index (κ2) is 12.4. The number of halogens is 2. The Labute approximate surface area is 230 Å². The van der Waals surface area contributed by atoms with E-state index in [1.54, 1.807) is 66.2 Å². The zero-order chi connectivity index (χ0) is 27.2. The van der Waals surface area contributed by atoms with Gasteiger partial charge in [0.1, 0.15) is 5.02 Å². The van der Waals surface area contributed by atoms with Crippen molar-refractivity contribution in [2.45, 2.75) is 25.9 Å². The Bertz CT molecular complexity index is 1450. The molecule has 0 fully saturated rings. The number of hydrogen-bond acceptors (Lipinski definition) is 5. The maximum atomic E-state index is 13.2. The number of carbonyl (C=O) groups excluding carboxylic acids is 1. The molecule has 0 bridgehead atoms. The van der Waals surface area contributed by atoms with Crippen LogP contribution in [0.4, 0.5) is 5.69 Å². The van der Waals surface area contributed by atoms with Crippen LogP contribution in [0.15, 0.2) is 89.9 Å². The molecule has 4 rings (SSSR count). The highest BCUT2D eigenvalue weighted by molar-refractivity contribution is 6.32. The van der Waals surface area contributed by atoms with Gasteiger partial charge in [0.15, 0.2) is 11.7 Å². The SMILES string of the molecule is COC(=O)C(Cc1ccc(-c2cc(Cl)cn(Cc3ccccc3)c2=O)cc1)N[NH+]([O-])c1c(C)cccc1Cl. The van der Waals surface area contributed by atoms with Crippen molar-refractivity contribution >= 4 is 34.9 Å². The third-order valence-corrected chi connectivity index (χ3v) is 6.71. The molecule has 0 saturated heterocycles. The van der Waals surface area contributed by atoms with E-state index in [1.165, 1.54) is 7.11 Å². The molecular weight excluding hydrogens is 525 g/mol. The van der Waals surface area contributed by atoms with Gasteiger partial charge in [0.2, 0.25) is 0 Å². The van der Waals surface area contributed by atoms with Gasteiger partial charge in [-0.3, -0.25) is 14.8 Å². The Kier molecular flexibility index (Phi) is 8.99. The summed E-state index contributed by atoms with van der Waals surface area (Å²) in [4.78, 5) is 25.7. The molecule has 0 radical (unpaired) electrons. The number of hydrogen-bond donors (Lipinski definition) is 2. The summed E-state index contributed by atoms with van der Waals surface area (Å²) in [7, 11) is 1.27. The van der Waals surface area contributed by atoms with Crippen LogP contribution >= 0.6 is 23.2 Å². The molecule has 0 amide bonds. The van der Waals surface area contributed by atoms with Crippen molar-refractivity contribution in [3.63, 3.8) is 0 Å². The van der Waals surface area contributed by atoms with E-state index in [0.29, 0.717) is 39.0 Å². The third kappa shape index (κ3) is 6.51. The minimum absolute atomic E-state index is 0.166. The van der Waals surface area contributed by atoms with Crippen LogP contribution in [0.5, 0.6) is 0 Å². The van der Waals surface area contributed by atoms with Crippen LogP contribution < -0.4 is 16.2 Å². The number of aryl methyl sites for hydroxylation is 1. The quantitative estimate of drug-likeness (QED) is 0.236. The van der Waals surface area contributed by atoms with Gasteiger partial charge in [-0.2, -0.15) is 0 Å². The number of carbonyl (C=O) groups is 1. The molecule has 2 N–H and O–H groups in total. The fourth-order valence-corrected chi connectivity index (χ4v) is 4.78. The van der Waals surface area contributed by atoms with Crippen LogP contribution in [-0.2, 0) is 22.5 Å². The second-order valence-corrected chi connectivity index (χ2v) is 9.72. The first kappa shape index (κ1) is 27.6. The number of quaternary nitrogens is 1. The van der Waals surface area contributed by atoms with Crippen LogP contribution in [0.25, 0.3) is 11.1 Å². The predicted molar refractivity (Wildman–Crippen MR) is 150 cm³/mol. The van der Waals surface area contributed by atoms with Crippen molar-refractivity contribution in [1.29, 1.82) is 0 Å². The first-order chi connectivity index (χ1) is 18.3. The summed E-state index contributed by atoms with van der Waals surface area (Å²) in [6.45, 7) is 2.17. The second-order valence-electron chi connectivity index (χ2n) is 8.87. The Morgan fingerprint density at radius 2 is 1.74 bits per heavy atom. The summed E-state index contributed by atoms with van der Waals surface area (Å²) in [6.07, 6.45) is 1.81. The first-order valence-corrected chi connectivity index (χ1v) is 12.7. The molecule has 196 valence electrons. The van der Waals surface area contributed by atoms with Gasteiger partial charge in [-0.15, -0.1) is 5.43 Å². The predicted octanol–water partition coefficient (Wildman–Crippen LogP) is 4.48. The topological polar surface area (TPSA) is 87.8 Å². The van der Waals surface area contributed by atoms with Crippen molar-refractivity contribution in [1.82, 2.24) is 9.99 Å². The maximum absolute atomic E-state index is 13.2. The van der Waals surface area contributed by atoms with E-state index >= 15 is 0 Å². The van der Waals surface area contributed by atoms with E-state index in [0.717, 1.165) is 11.1 Å². The van der Waals surface area contributed by atoms with Crippen molar-refractivity contribution in [2.24, 2.45) is 0 Å². The lowest BCUT2D eigenvalue weighted by Gasteiger charge is -2.28. The number of nitrogens with one attached hydrogen (secondary N) is 2. The van der Waals surface area contributed by atoms with E-state index in [9.17, 15) is 14.8 Å². The largest absolute Gasteiger partial charge is 0.608 e. The third-order valence-electron chi connectivity index (χ3n) is 6.19. The molecule has 1 heterocycles. The van der Waals surface area contributed by atoms with E-state index in [-0.39, 0.29) is 12.0 Å². The highest BCUT2D eigenvalue weighted by atomic mass is 35.5. The number of nitrogens with zero attached hydrogens (tertiary/aromatic N) is 1. The minimum atomic E-state index is -0.928. The Hall–Kier alpha value is -3.46. The van der Waals surface area contributed by atoms with Gasteiger partial charge in [-0.25, -0.2) is 0 Å². The first-order valence-electron chi connectivity index (χ1n) is 11.9. The average molecular weight is 552 g/mol. The van der Waals surface area contributed by atoms with Gasteiger partial charge in [-0.1, -0.05) is 89.9 Å². The number of para-hydroxylation sites is 1. The minimum Gasteiger partial charge on any atom is -0.608 e. The fraction of sp³-hybridized carbons (Fsp3) is 0.172. The van der Waals surface area contributed by atoms with Crippen molar-refractivity contribution < 1.29 is 14.7 Å². The van der Waals surface area contributed by atoms with Gasteiger partial charge < -0.3 is 14.5 Å². The van der Waals surface area contributed by atoms with E-state index < -0.39 is 17.2 Å². The summed E-state index contributed by atoms with van der Waals surface area (Å²) >= 11 is 12.6. The molecule has 0 saturated carbocycles. The monoisotopic (exact) mass is 551 g/mol. The molecule has 0 aliphatic heterocycles. The zero-order valence-electron chi connectivity index (χ0n) is 20.9. The van der Waals surface area contributed by atoms with E-state index in [4.69, 9.17) is 27.9 Å². The summed E-state index contributed by atoms with van der Waals surface area (Å²) in [5.74, 6) is -0.578. The van der Waals surface area contributed by atoms with Crippen LogP contribution in [-0.4, -0.2) is 23.7 Å². The normalized spacial score (nSPS) is 12.7. The Balaban J connectivity index is 1.55. The number of rotatable bonds is 9. The number of benzene rings is 3. The summed E-state index contributed by atoms with van der Waals surface area (Å²) in [5.41, 5.74) is 6.49. The molecule has 7 nitrogen and oxygen atoms in total. The highest BCUT2D eigenvalue weighted by Gasteiger charge is 2.25. The molecule has 3 aromatic carbocycles. The molecule has 38 heavy (non-hydrogen) atoms. The van der Waals surface area contributed by atoms with E-state index in [2.05, 4.69) is 5.43 Å². The molecule has 0 aliphatic carbocycles. The Morgan fingerprint density at radius 3 is 2.39 bits per heavy atom. The molecule has 2 unspecified atom stereocenters. The summed E-state index contributed by atoms with van der Waals surface area (Å²) in [5, 5.41) is 13.2. The molecule has 1 aromatic heterocycles. The van der Waals surface area contributed by atoms with Gasteiger partial charge in [0.05, 0.1) is 18.7 Å². The smallest absolute Gasteiger partial charge is 0.328 e. The van der Waals surface area contributed by atoms with Crippen LogP contribution in [0.1, 0.15) is 16.7 Å². The lowest BCUT2D eigenvalue weighted by Crippen LogP contribution is -3.11. The van der Waals surface area contributed by atoms with Crippen LogP contribution in [0, 0.1) is 12.1 Å². The molecule has 4 aromatic rings. The number of ether oxygens (including phenoxy) is 1. The maximum Gasteiger partial charge on any atom is 0.328 e. The lowest BCUT2D eigenvalue weighted by molar-refractivity contribution is -0.831. The fourth-order valence-electron chi connectivity index (χ4n) is 4.25. The van der Waals surface area contributed by atoms with Gasteiger partial charge in [0.25, 0.3) is 5.56 Å². The highest BCUT2D eigenvalue weighted by Crippen LogP contribution is 2.22. The Morgan fingerprint density at radius 1 is 1.03 bits per heavy atom. The molecule has 0 spiro atoms. The van der Waals surface area contributed by atoms with Crippen molar-refractivity contribution in [3.05, 3.63) is 127 Å². The molecular formula is C29H27Cl2N3O4. The number of esters is 1. The average Bonchev–Trinajstić information content (AvgIpc) is 2.90. The number of methoxy groups -OCH3 is 1. The summed E-state index contributed by atoms with van der Waals surface area (Å²) < 4.78 is 6.50. The van der Waals surface area contributed by atoms with Gasteiger partial charge >= 0.3 is 5.97 Å². The number of pyridine rings is 1. The summed E-state index contributed by atoms with van der Waals surface area (Å²) in [6, 6.07) is 22.7. The standard InChI is InChI=1S/C29H27Cl2N3O4/c1-19-7-6-10-25(31)27(19)34(37)32-26(29(36)38-2)15-20-11-13-22(14-12-20)24-16-23(30)18-33(28(24)35)17-21-8-4-3-5-9-21/h3-14,16,18,26,32,34H,15,17H2,1-2H3. The van der Waals surface area contributed by atoms with Crippen molar-refractivity contribution in [2.75, 3.05) is 7.11 Å². The van der Waals surface area contributed by atoms with Crippen molar-refractivity contribution in [3.8, 4) is 11.1 Å². The van der Waals surface area contributed by atoms with Gasteiger partial charge in [0, 0.05) is 23.7 Å². The zero-order valence-corrected chi connectivity index (χ0v) is 22.4. The molecule has 2 atom stereocenters. The van der Waals surface area contributed by atoms with Crippen LogP contribution in [0.3, 0.4) is 0 Å². The van der Waals surface area contributed by atoms with Crippen LogP contribution in [0.2, 0.25) is 10.0 Å². The lowest BCUT2D eigenvalue weighted by atomic mass is 10.0. The van der Waals surface area contributed by atoms with E-state index in [1.807, 2.05) is 30.3 Å². The molecule has 0 aliphatic rings. The van der Waals surface area contributed by atoms with Gasteiger partial charge in [-0.05, 0) is 35.7 Å². The number of aromatic nitrogens is 1. The molecule has 9 heteroatoms.